The molecule has 19 heavy (non-hydrogen) atoms. The summed E-state index contributed by atoms with van der Waals surface area (Å²) in [5, 5.41) is 0. The van der Waals surface area contributed by atoms with Crippen molar-refractivity contribution in [2.75, 3.05) is 7.11 Å². The zero-order valence-electron chi connectivity index (χ0n) is 11.0. The fraction of sp³-hybridized carbons (Fsp3) is 0.267. The van der Waals surface area contributed by atoms with Crippen LogP contribution >= 0.6 is 0 Å². The van der Waals surface area contributed by atoms with E-state index in [0.29, 0.717) is 29.3 Å². The zero-order valence-corrected chi connectivity index (χ0v) is 11.0. The summed E-state index contributed by atoms with van der Waals surface area (Å²) >= 11 is 0. The Morgan fingerprint density at radius 3 is 2.68 bits per heavy atom. The van der Waals surface area contributed by atoms with E-state index in [0.717, 1.165) is 6.42 Å². The van der Waals surface area contributed by atoms with E-state index in [1.807, 2.05) is 18.2 Å². The molecule has 100 valence electrons. The number of rotatable bonds is 6. The minimum absolute atomic E-state index is 0.260. The van der Waals surface area contributed by atoms with Gasteiger partial charge in [0.2, 0.25) is 0 Å². The molecule has 2 rings (SSSR count). The van der Waals surface area contributed by atoms with Crippen molar-refractivity contribution in [3.8, 4) is 11.5 Å². The molecule has 2 aromatic rings. The third-order valence-electron chi connectivity index (χ3n) is 2.80. The number of furan rings is 1. The van der Waals surface area contributed by atoms with E-state index >= 15 is 0 Å². The molecule has 0 saturated carbocycles. The largest absolute Gasteiger partial charge is 0.493 e. The maximum Gasteiger partial charge on any atom is 0.185 e. The molecule has 0 aliphatic heterocycles. The Kier molecular flexibility index (Phi) is 4.23. The van der Waals surface area contributed by atoms with Gasteiger partial charge in [-0.2, -0.15) is 0 Å². The Morgan fingerprint density at radius 2 is 2.05 bits per heavy atom. The van der Waals surface area contributed by atoms with Crippen LogP contribution in [0.4, 0.5) is 0 Å². The third kappa shape index (κ3) is 3.16. The van der Waals surface area contributed by atoms with Crippen molar-refractivity contribution in [3.05, 3.63) is 47.4 Å². The molecule has 4 nitrogen and oxygen atoms in total. The van der Waals surface area contributed by atoms with E-state index in [2.05, 4.69) is 6.92 Å². The van der Waals surface area contributed by atoms with E-state index in [9.17, 15) is 4.79 Å². The molecular formula is C15H16O4. The topological polar surface area (TPSA) is 48.7 Å². The van der Waals surface area contributed by atoms with Crippen molar-refractivity contribution in [1.29, 1.82) is 0 Å². The van der Waals surface area contributed by atoms with Gasteiger partial charge in [-0.25, -0.2) is 0 Å². The van der Waals surface area contributed by atoms with E-state index in [4.69, 9.17) is 13.9 Å². The van der Waals surface area contributed by atoms with Gasteiger partial charge in [0.05, 0.1) is 7.11 Å². The van der Waals surface area contributed by atoms with Crippen LogP contribution in [-0.2, 0) is 13.0 Å². The molecule has 0 aliphatic rings. The van der Waals surface area contributed by atoms with Crippen molar-refractivity contribution in [1.82, 2.24) is 0 Å². The molecule has 0 unspecified atom stereocenters. The molecule has 0 saturated heterocycles. The van der Waals surface area contributed by atoms with Crippen molar-refractivity contribution < 1.29 is 18.7 Å². The lowest BCUT2D eigenvalue weighted by Gasteiger charge is -2.10. The van der Waals surface area contributed by atoms with Gasteiger partial charge in [-0.3, -0.25) is 4.79 Å². The first-order valence-corrected chi connectivity index (χ1v) is 6.10. The molecule has 0 amide bonds. The van der Waals surface area contributed by atoms with Gasteiger partial charge in [0.1, 0.15) is 12.4 Å². The number of benzene rings is 1. The summed E-state index contributed by atoms with van der Waals surface area (Å²) in [6, 6.07) is 9.16. The number of aryl methyl sites for hydroxylation is 1. The fourth-order valence-electron chi connectivity index (χ4n) is 1.74. The standard InChI is InChI=1S/C15H16O4/c1-3-11-4-7-14(15(8-11)17-2)18-10-13-6-5-12(9-16)19-13/h4-9H,3,10H2,1-2H3. The van der Waals surface area contributed by atoms with E-state index in [-0.39, 0.29) is 6.61 Å². The van der Waals surface area contributed by atoms with Gasteiger partial charge < -0.3 is 13.9 Å². The van der Waals surface area contributed by atoms with Gasteiger partial charge in [-0.1, -0.05) is 13.0 Å². The van der Waals surface area contributed by atoms with Crippen molar-refractivity contribution in [2.24, 2.45) is 0 Å². The highest BCUT2D eigenvalue weighted by atomic mass is 16.5. The molecule has 1 heterocycles. The Labute approximate surface area is 111 Å². The number of hydrogen-bond acceptors (Lipinski definition) is 4. The highest BCUT2D eigenvalue weighted by Gasteiger charge is 2.07. The molecule has 1 aromatic heterocycles. The summed E-state index contributed by atoms with van der Waals surface area (Å²) in [6.07, 6.45) is 1.61. The smallest absolute Gasteiger partial charge is 0.185 e. The predicted molar refractivity (Wildman–Crippen MR) is 70.8 cm³/mol. The first-order valence-electron chi connectivity index (χ1n) is 6.10. The molecule has 1 aromatic carbocycles. The lowest BCUT2D eigenvalue weighted by atomic mass is 10.1. The van der Waals surface area contributed by atoms with Crippen LogP contribution in [0.15, 0.2) is 34.7 Å². The number of methoxy groups -OCH3 is 1. The monoisotopic (exact) mass is 260 g/mol. The molecule has 4 heteroatoms. The molecule has 0 bridgehead atoms. The van der Waals surface area contributed by atoms with E-state index < -0.39 is 0 Å². The molecule has 0 N–H and O–H groups in total. The Hall–Kier alpha value is -2.23. The Bertz CT molecular complexity index is 557. The molecule has 0 aliphatic carbocycles. The Morgan fingerprint density at radius 1 is 1.21 bits per heavy atom. The average molecular weight is 260 g/mol. The van der Waals surface area contributed by atoms with Crippen LogP contribution in [-0.4, -0.2) is 13.4 Å². The molecule has 0 spiro atoms. The van der Waals surface area contributed by atoms with Gasteiger partial charge in [0.15, 0.2) is 23.5 Å². The summed E-state index contributed by atoms with van der Waals surface area (Å²) < 4.78 is 16.2. The first-order chi connectivity index (χ1) is 9.26. The number of carbonyl (C=O) groups is 1. The number of aldehydes is 1. The molecule has 0 atom stereocenters. The number of ether oxygens (including phenoxy) is 2. The fourth-order valence-corrected chi connectivity index (χ4v) is 1.74. The third-order valence-corrected chi connectivity index (χ3v) is 2.80. The molecule has 0 radical (unpaired) electrons. The van der Waals surface area contributed by atoms with E-state index in [1.54, 1.807) is 19.2 Å². The second-order valence-corrected chi connectivity index (χ2v) is 4.05. The summed E-state index contributed by atoms with van der Waals surface area (Å²) in [5.74, 6) is 2.25. The minimum Gasteiger partial charge on any atom is -0.493 e. The minimum atomic E-state index is 0.260. The SMILES string of the molecule is CCc1ccc(OCc2ccc(C=O)o2)c(OC)c1. The summed E-state index contributed by atoms with van der Waals surface area (Å²) in [6.45, 7) is 2.34. The van der Waals surface area contributed by atoms with Crippen LogP contribution in [0.5, 0.6) is 11.5 Å². The number of carbonyl (C=O) groups excluding carboxylic acids is 1. The Balaban J connectivity index is 2.08. The zero-order chi connectivity index (χ0) is 13.7. The second kappa shape index (κ2) is 6.09. The van der Waals surface area contributed by atoms with Crippen molar-refractivity contribution >= 4 is 6.29 Å². The lowest BCUT2D eigenvalue weighted by molar-refractivity contribution is 0.109. The van der Waals surface area contributed by atoms with Gasteiger partial charge >= 0.3 is 0 Å². The van der Waals surface area contributed by atoms with Crippen molar-refractivity contribution in [3.63, 3.8) is 0 Å². The van der Waals surface area contributed by atoms with Crippen LogP contribution < -0.4 is 9.47 Å². The van der Waals surface area contributed by atoms with E-state index in [1.165, 1.54) is 5.56 Å². The first kappa shape index (κ1) is 13.2. The molecule has 0 fully saturated rings. The maximum atomic E-state index is 10.5. The summed E-state index contributed by atoms with van der Waals surface area (Å²) in [7, 11) is 1.61. The van der Waals surface area contributed by atoms with Crippen LogP contribution in [0, 0.1) is 0 Å². The molecular weight excluding hydrogens is 244 g/mol. The predicted octanol–water partition coefficient (Wildman–Crippen LogP) is 3.24. The van der Waals surface area contributed by atoms with Gasteiger partial charge in [0, 0.05) is 0 Å². The van der Waals surface area contributed by atoms with Crippen LogP contribution in [0.3, 0.4) is 0 Å². The highest BCUT2D eigenvalue weighted by molar-refractivity contribution is 5.70. The second-order valence-electron chi connectivity index (χ2n) is 4.05. The number of hydrogen-bond donors (Lipinski definition) is 0. The van der Waals surface area contributed by atoms with Crippen LogP contribution in [0.1, 0.15) is 28.8 Å². The lowest BCUT2D eigenvalue weighted by Crippen LogP contribution is -1.97. The quantitative estimate of drug-likeness (QED) is 0.748. The van der Waals surface area contributed by atoms with Gasteiger partial charge in [-0.05, 0) is 36.2 Å². The van der Waals surface area contributed by atoms with Crippen LogP contribution in [0.2, 0.25) is 0 Å². The maximum absolute atomic E-state index is 10.5. The van der Waals surface area contributed by atoms with Gasteiger partial charge in [-0.15, -0.1) is 0 Å². The van der Waals surface area contributed by atoms with Crippen molar-refractivity contribution in [2.45, 2.75) is 20.0 Å². The highest BCUT2D eigenvalue weighted by Crippen LogP contribution is 2.29. The van der Waals surface area contributed by atoms with Gasteiger partial charge in [0.25, 0.3) is 0 Å². The average Bonchev–Trinajstić information content (AvgIpc) is 2.92. The normalized spacial score (nSPS) is 10.2. The summed E-state index contributed by atoms with van der Waals surface area (Å²) in [5.41, 5.74) is 1.19. The summed E-state index contributed by atoms with van der Waals surface area (Å²) in [4.78, 5) is 10.5. The van der Waals surface area contributed by atoms with Crippen LogP contribution in [0.25, 0.3) is 0 Å².